The highest BCUT2D eigenvalue weighted by Gasteiger charge is 2.05. The van der Waals surface area contributed by atoms with Gasteiger partial charge in [0.1, 0.15) is 0 Å². The highest BCUT2D eigenvalue weighted by atomic mass is 16.2. The zero-order chi connectivity index (χ0) is 25.8. The van der Waals surface area contributed by atoms with E-state index in [2.05, 4.69) is 27.7 Å². The van der Waals surface area contributed by atoms with Crippen LogP contribution >= 0.6 is 0 Å². The lowest BCUT2D eigenvalue weighted by Gasteiger charge is -2.13. The Labute approximate surface area is 224 Å². The van der Waals surface area contributed by atoms with E-state index in [9.17, 15) is 0 Å². The Morgan fingerprint density at radius 2 is 0.571 bits per heavy atom. The van der Waals surface area contributed by atoms with Crippen molar-refractivity contribution in [3.05, 3.63) is 0 Å². The van der Waals surface area contributed by atoms with Crippen molar-refractivity contribution in [1.82, 2.24) is 0 Å². The van der Waals surface area contributed by atoms with Gasteiger partial charge in [-0.3, -0.25) is 0 Å². The molecule has 1 nitrogen and oxygen atoms in total. The van der Waals surface area contributed by atoms with Crippen molar-refractivity contribution < 1.29 is 5.11 Å². The maximum Gasteiger partial charge on any atom is 0.0431 e. The van der Waals surface area contributed by atoms with Crippen LogP contribution in [0.1, 0.15) is 195 Å². The molecule has 1 N–H and O–H groups in total. The Bertz CT molecular complexity index is 379. The summed E-state index contributed by atoms with van der Waals surface area (Å²) in [5, 5.41) is 8.84. The molecule has 0 heterocycles. The van der Waals surface area contributed by atoms with E-state index in [-0.39, 0.29) is 0 Å². The average Bonchev–Trinajstić information content (AvgIpc) is 2.85. The van der Waals surface area contributed by atoms with Gasteiger partial charge in [0.05, 0.1) is 0 Å². The number of hydrogen-bond acceptors (Lipinski definition) is 1. The number of aliphatic hydroxyl groups excluding tert-OH is 1. The van der Waals surface area contributed by atoms with Gasteiger partial charge in [0.2, 0.25) is 0 Å². The Hall–Kier alpha value is -0.0400. The van der Waals surface area contributed by atoms with E-state index in [0.717, 1.165) is 24.2 Å². The number of aliphatic hydroxyl groups is 1. The first-order valence-electron chi connectivity index (χ1n) is 16.7. The van der Waals surface area contributed by atoms with Crippen molar-refractivity contribution in [2.75, 3.05) is 6.61 Å². The van der Waals surface area contributed by atoms with Gasteiger partial charge in [0, 0.05) is 6.61 Å². The molecule has 0 rings (SSSR count). The molecule has 0 bridgehead atoms. The molecule has 0 aliphatic rings. The normalized spacial score (nSPS) is 14.3. The van der Waals surface area contributed by atoms with E-state index in [4.69, 9.17) is 5.11 Å². The molecule has 3 atom stereocenters. The van der Waals surface area contributed by atoms with Gasteiger partial charge in [-0.2, -0.15) is 0 Å². The van der Waals surface area contributed by atoms with E-state index in [0.29, 0.717) is 6.61 Å². The molecule has 3 unspecified atom stereocenters. The second kappa shape index (κ2) is 28.5. The largest absolute Gasteiger partial charge is 0.396 e. The summed E-state index contributed by atoms with van der Waals surface area (Å²) < 4.78 is 0. The summed E-state index contributed by atoms with van der Waals surface area (Å²) in [7, 11) is 0. The highest BCUT2D eigenvalue weighted by molar-refractivity contribution is 4.59. The van der Waals surface area contributed by atoms with Crippen LogP contribution in [0.4, 0.5) is 0 Å². The molecular formula is C34H70O. The lowest BCUT2D eigenvalue weighted by Crippen LogP contribution is -1.97. The predicted octanol–water partition coefficient (Wildman–Crippen LogP) is 12.0. The van der Waals surface area contributed by atoms with Crippen molar-refractivity contribution in [2.45, 2.75) is 195 Å². The van der Waals surface area contributed by atoms with Gasteiger partial charge in [-0.15, -0.1) is 0 Å². The Kier molecular flexibility index (Phi) is 28.5. The van der Waals surface area contributed by atoms with Gasteiger partial charge in [-0.25, -0.2) is 0 Å². The van der Waals surface area contributed by atoms with E-state index in [1.165, 1.54) is 161 Å². The van der Waals surface area contributed by atoms with Crippen LogP contribution in [0, 0.1) is 17.8 Å². The molecule has 0 aromatic carbocycles. The summed E-state index contributed by atoms with van der Waals surface area (Å²) in [4.78, 5) is 0. The monoisotopic (exact) mass is 495 g/mol. The highest BCUT2D eigenvalue weighted by Crippen LogP contribution is 2.22. The standard InChI is InChI=1S/C34H70O/c1-5-6-7-8-9-10-11-18-25-32(2)26-19-12-13-20-27-33(3)28-21-14-15-22-29-34(4)30-23-16-17-24-31-35/h32-35H,5-31H2,1-4H3. The fourth-order valence-electron chi connectivity index (χ4n) is 5.70. The van der Waals surface area contributed by atoms with Crippen molar-refractivity contribution in [3.8, 4) is 0 Å². The molecule has 212 valence electrons. The Morgan fingerprint density at radius 1 is 0.343 bits per heavy atom. The van der Waals surface area contributed by atoms with Crippen LogP contribution < -0.4 is 0 Å². The topological polar surface area (TPSA) is 20.2 Å². The molecule has 1 heteroatoms. The van der Waals surface area contributed by atoms with E-state index < -0.39 is 0 Å². The molecule has 0 spiro atoms. The van der Waals surface area contributed by atoms with Crippen LogP contribution in [0.3, 0.4) is 0 Å². The van der Waals surface area contributed by atoms with Crippen molar-refractivity contribution in [3.63, 3.8) is 0 Å². The average molecular weight is 495 g/mol. The lowest BCUT2D eigenvalue weighted by atomic mass is 9.93. The van der Waals surface area contributed by atoms with Gasteiger partial charge < -0.3 is 5.11 Å². The van der Waals surface area contributed by atoms with E-state index in [1.54, 1.807) is 0 Å². The minimum absolute atomic E-state index is 0.368. The van der Waals surface area contributed by atoms with Crippen LogP contribution in [0.5, 0.6) is 0 Å². The quantitative estimate of drug-likeness (QED) is 0.102. The van der Waals surface area contributed by atoms with Gasteiger partial charge in [-0.1, -0.05) is 188 Å². The third-order valence-corrected chi connectivity index (χ3v) is 8.44. The minimum atomic E-state index is 0.368. The molecule has 0 aliphatic carbocycles. The maximum atomic E-state index is 8.84. The van der Waals surface area contributed by atoms with Gasteiger partial charge in [0.15, 0.2) is 0 Å². The Balaban J connectivity index is 3.33. The molecule has 0 amide bonds. The Morgan fingerprint density at radius 3 is 0.829 bits per heavy atom. The van der Waals surface area contributed by atoms with E-state index >= 15 is 0 Å². The third-order valence-electron chi connectivity index (χ3n) is 8.44. The van der Waals surface area contributed by atoms with Crippen molar-refractivity contribution in [2.24, 2.45) is 17.8 Å². The van der Waals surface area contributed by atoms with Crippen molar-refractivity contribution in [1.29, 1.82) is 0 Å². The molecule has 0 fully saturated rings. The van der Waals surface area contributed by atoms with Gasteiger partial charge in [-0.05, 0) is 24.2 Å². The SMILES string of the molecule is CCCCCCCCCCC(C)CCCCCCC(C)CCCCCCC(C)CCCCCCO. The first kappa shape index (κ1) is 35.0. The fraction of sp³-hybridized carbons (Fsp3) is 1.00. The molecule has 0 aromatic rings. The molecule has 0 saturated carbocycles. The smallest absolute Gasteiger partial charge is 0.0431 e. The zero-order valence-corrected chi connectivity index (χ0v) is 25.3. The van der Waals surface area contributed by atoms with Crippen LogP contribution in [0.25, 0.3) is 0 Å². The summed E-state index contributed by atoms with van der Waals surface area (Å²) in [5.74, 6) is 2.79. The molecule has 0 aromatic heterocycles. The van der Waals surface area contributed by atoms with Crippen LogP contribution in [-0.2, 0) is 0 Å². The van der Waals surface area contributed by atoms with Crippen molar-refractivity contribution >= 4 is 0 Å². The maximum absolute atomic E-state index is 8.84. The first-order valence-corrected chi connectivity index (χ1v) is 16.7. The number of unbranched alkanes of at least 4 members (excludes halogenated alkanes) is 16. The van der Waals surface area contributed by atoms with Crippen LogP contribution in [0.2, 0.25) is 0 Å². The lowest BCUT2D eigenvalue weighted by molar-refractivity contribution is 0.281. The first-order chi connectivity index (χ1) is 17.1. The van der Waals surface area contributed by atoms with Crippen LogP contribution in [0.15, 0.2) is 0 Å². The summed E-state index contributed by atoms with van der Waals surface area (Å²) in [6, 6.07) is 0. The second-order valence-corrected chi connectivity index (χ2v) is 12.5. The second-order valence-electron chi connectivity index (χ2n) is 12.5. The fourth-order valence-corrected chi connectivity index (χ4v) is 5.70. The van der Waals surface area contributed by atoms with Gasteiger partial charge in [0.25, 0.3) is 0 Å². The summed E-state index contributed by atoms with van der Waals surface area (Å²) in [6.07, 6.45) is 36.8. The summed E-state index contributed by atoms with van der Waals surface area (Å²) in [6.45, 7) is 10.1. The molecule has 35 heavy (non-hydrogen) atoms. The predicted molar refractivity (Wildman–Crippen MR) is 160 cm³/mol. The summed E-state index contributed by atoms with van der Waals surface area (Å²) in [5.41, 5.74) is 0. The molecule has 0 aliphatic heterocycles. The number of rotatable bonds is 29. The third kappa shape index (κ3) is 28.4. The van der Waals surface area contributed by atoms with Gasteiger partial charge >= 0.3 is 0 Å². The molecule has 0 radical (unpaired) electrons. The van der Waals surface area contributed by atoms with Crippen LogP contribution in [-0.4, -0.2) is 11.7 Å². The van der Waals surface area contributed by atoms with E-state index in [1.807, 2.05) is 0 Å². The summed E-state index contributed by atoms with van der Waals surface area (Å²) >= 11 is 0. The number of hydrogen-bond donors (Lipinski definition) is 1. The zero-order valence-electron chi connectivity index (χ0n) is 25.3. The minimum Gasteiger partial charge on any atom is -0.396 e. The molecule has 0 saturated heterocycles. The molecular weight excluding hydrogens is 424 g/mol.